The minimum absolute atomic E-state index is 0.257. The molecule has 0 aliphatic carbocycles. The van der Waals surface area contributed by atoms with Gasteiger partial charge in [0.05, 0.1) is 6.61 Å². The fourth-order valence-corrected chi connectivity index (χ4v) is 2.62. The Balaban J connectivity index is 2.35. The largest absolute Gasteiger partial charge is 0.395 e. The predicted molar refractivity (Wildman–Crippen MR) is 73.2 cm³/mol. The third-order valence-electron chi connectivity index (χ3n) is 3.81. The summed E-state index contributed by atoms with van der Waals surface area (Å²) >= 11 is 0. The molecular formula is C14H30N2O. The maximum absolute atomic E-state index is 9.36. The number of rotatable bonds is 6. The fourth-order valence-electron chi connectivity index (χ4n) is 2.62. The van der Waals surface area contributed by atoms with E-state index in [-0.39, 0.29) is 12.6 Å². The maximum atomic E-state index is 9.36. The summed E-state index contributed by atoms with van der Waals surface area (Å²) in [4.78, 5) is 2.57. The lowest BCUT2D eigenvalue weighted by atomic mass is 10.0. The first-order chi connectivity index (χ1) is 8.17. The van der Waals surface area contributed by atoms with Gasteiger partial charge in [0.25, 0.3) is 0 Å². The summed E-state index contributed by atoms with van der Waals surface area (Å²) in [7, 11) is 0. The molecule has 2 N–H and O–H groups in total. The molecule has 0 spiro atoms. The summed E-state index contributed by atoms with van der Waals surface area (Å²) in [6, 6.07) is 0.856. The van der Waals surface area contributed by atoms with Gasteiger partial charge in [-0.15, -0.1) is 0 Å². The average Bonchev–Trinajstić information content (AvgIpc) is 2.52. The van der Waals surface area contributed by atoms with Crippen molar-refractivity contribution in [1.82, 2.24) is 10.2 Å². The highest BCUT2D eigenvalue weighted by molar-refractivity contribution is 4.80. The lowest BCUT2D eigenvalue weighted by Crippen LogP contribution is -2.44. The van der Waals surface area contributed by atoms with Crippen LogP contribution in [0.15, 0.2) is 0 Å². The van der Waals surface area contributed by atoms with Gasteiger partial charge < -0.3 is 15.3 Å². The first-order valence-electron chi connectivity index (χ1n) is 7.26. The van der Waals surface area contributed by atoms with Crippen molar-refractivity contribution in [2.24, 2.45) is 5.92 Å². The van der Waals surface area contributed by atoms with E-state index >= 15 is 0 Å². The normalized spacial score (nSPS) is 24.9. The van der Waals surface area contributed by atoms with E-state index in [4.69, 9.17) is 0 Å². The zero-order valence-corrected chi connectivity index (χ0v) is 11.8. The van der Waals surface area contributed by atoms with Gasteiger partial charge in [0.15, 0.2) is 0 Å². The Bertz CT molecular complexity index is 197. The second-order valence-electron chi connectivity index (χ2n) is 5.67. The van der Waals surface area contributed by atoms with Gasteiger partial charge in [-0.1, -0.05) is 20.8 Å². The number of likely N-dealkylation sites (tertiary alicyclic amines) is 1. The molecule has 0 amide bonds. The van der Waals surface area contributed by atoms with Gasteiger partial charge in [0, 0.05) is 12.1 Å². The molecule has 0 bridgehead atoms. The van der Waals surface area contributed by atoms with Crippen molar-refractivity contribution >= 4 is 0 Å². The Morgan fingerprint density at radius 1 is 1.29 bits per heavy atom. The molecule has 2 atom stereocenters. The molecule has 0 aromatic carbocycles. The molecule has 0 saturated carbocycles. The second kappa shape index (κ2) is 8.06. The summed E-state index contributed by atoms with van der Waals surface area (Å²) in [5.74, 6) is 0.509. The zero-order valence-electron chi connectivity index (χ0n) is 11.8. The highest BCUT2D eigenvalue weighted by Crippen LogP contribution is 2.13. The van der Waals surface area contributed by atoms with E-state index in [1.807, 2.05) is 0 Å². The van der Waals surface area contributed by atoms with E-state index < -0.39 is 0 Å². The van der Waals surface area contributed by atoms with Crippen molar-refractivity contribution < 1.29 is 5.11 Å². The van der Waals surface area contributed by atoms with Crippen LogP contribution < -0.4 is 5.32 Å². The number of hydrogen-bond donors (Lipinski definition) is 2. The SMILES string of the molecule is CCCN1CCCC(N[C@H](CO)C(C)C)CC1. The summed E-state index contributed by atoms with van der Waals surface area (Å²) in [6.07, 6.45) is 5.02. The molecule has 0 aromatic heterocycles. The molecular weight excluding hydrogens is 212 g/mol. The van der Waals surface area contributed by atoms with Crippen LogP contribution in [0.25, 0.3) is 0 Å². The van der Waals surface area contributed by atoms with Crippen LogP contribution in [0.1, 0.15) is 46.5 Å². The Morgan fingerprint density at radius 3 is 2.65 bits per heavy atom. The van der Waals surface area contributed by atoms with Crippen LogP contribution in [0.3, 0.4) is 0 Å². The molecule has 3 heteroatoms. The molecule has 1 heterocycles. The van der Waals surface area contributed by atoms with E-state index in [9.17, 15) is 5.11 Å². The molecule has 1 unspecified atom stereocenters. The molecule has 1 rings (SSSR count). The summed E-state index contributed by atoms with van der Waals surface area (Å²) in [5.41, 5.74) is 0. The molecule has 17 heavy (non-hydrogen) atoms. The monoisotopic (exact) mass is 242 g/mol. The quantitative estimate of drug-likeness (QED) is 0.746. The van der Waals surface area contributed by atoms with Crippen molar-refractivity contribution in [2.45, 2.75) is 58.5 Å². The molecule has 1 fully saturated rings. The molecule has 3 nitrogen and oxygen atoms in total. The number of aliphatic hydroxyl groups is 1. The highest BCUT2D eigenvalue weighted by Gasteiger charge is 2.20. The predicted octanol–water partition coefficient (Wildman–Crippen LogP) is 1.86. The van der Waals surface area contributed by atoms with Crippen molar-refractivity contribution in [1.29, 1.82) is 0 Å². The Kier molecular flexibility index (Phi) is 7.09. The summed E-state index contributed by atoms with van der Waals surface area (Å²) < 4.78 is 0. The van der Waals surface area contributed by atoms with Crippen LogP contribution in [0.5, 0.6) is 0 Å². The van der Waals surface area contributed by atoms with E-state index in [1.165, 1.54) is 45.3 Å². The van der Waals surface area contributed by atoms with E-state index in [0.29, 0.717) is 12.0 Å². The third kappa shape index (κ3) is 5.36. The third-order valence-corrected chi connectivity index (χ3v) is 3.81. The van der Waals surface area contributed by atoms with Gasteiger partial charge in [-0.2, -0.15) is 0 Å². The lowest BCUT2D eigenvalue weighted by Gasteiger charge is -2.26. The van der Waals surface area contributed by atoms with Crippen molar-refractivity contribution in [3.63, 3.8) is 0 Å². The first-order valence-corrected chi connectivity index (χ1v) is 7.26. The van der Waals surface area contributed by atoms with Crippen molar-refractivity contribution in [3.8, 4) is 0 Å². The molecule has 0 aromatic rings. The summed E-state index contributed by atoms with van der Waals surface area (Å²) in [6.45, 7) is 10.6. The summed E-state index contributed by atoms with van der Waals surface area (Å²) in [5, 5.41) is 13.0. The molecule has 1 aliphatic heterocycles. The number of nitrogens with zero attached hydrogens (tertiary/aromatic N) is 1. The second-order valence-corrected chi connectivity index (χ2v) is 5.67. The Labute approximate surface area is 107 Å². The van der Waals surface area contributed by atoms with Gasteiger partial charge in [-0.25, -0.2) is 0 Å². The molecule has 0 radical (unpaired) electrons. The van der Waals surface area contributed by atoms with Crippen LogP contribution in [-0.2, 0) is 0 Å². The van der Waals surface area contributed by atoms with E-state index in [2.05, 4.69) is 31.0 Å². The van der Waals surface area contributed by atoms with Crippen LogP contribution in [0, 0.1) is 5.92 Å². The maximum Gasteiger partial charge on any atom is 0.0587 e. The highest BCUT2D eigenvalue weighted by atomic mass is 16.3. The average molecular weight is 242 g/mol. The lowest BCUT2D eigenvalue weighted by molar-refractivity contribution is 0.194. The Hall–Kier alpha value is -0.120. The molecule has 102 valence electrons. The van der Waals surface area contributed by atoms with E-state index in [0.717, 1.165) is 0 Å². The van der Waals surface area contributed by atoms with Gasteiger partial charge >= 0.3 is 0 Å². The number of aliphatic hydroxyl groups excluding tert-OH is 1. The van der Waals surface area contributed by atoms with Crippen LogP contribution in [-0.4, -0.2) is 48.3 Å². The topological polar surface area (TPSA) is 35.5 Å². The van der Waals surface area contributed by atoms with Gasteiger partial charge in [0.1, 0.15) is 0 Å². The number of hydrogen-bond acceptors (Lipinski definition) is 3. The zero-order chi connectivity index (χ0) is 12.7. The van der Waals surface area contributed by atoms with Gasteiger partial charge in [-0.3, -0.25) is 0 Å². The smallest absolute Gasteiger partial charge is 0.0587 e. The number of nitrogens with one attached hydrogen (secondary N) is 1. The molecule has 1 saturated heterocycles. The van der Waals surface area contributed by atoms with Gasteiger partial charge in [-0.05, 0) is 51.2 Å². The van der Waals surface area contributed by atoms with Gasteiger partial charge in [0.2, 0.25) is 0 Å². The molecule has 1 aliphatic rings. The van der Waals surface area contributed by atoms with E-state index in [1.54, 1.807) is 0 Å². The Morgan fingerprint density at radius 2 is 2.06 bits per heavy atom. The van der Waals surface area contributed by atoms with Crippen LogP contribution in [0.2, 0.25) is 0 Å². The minimum atomic E-state index is 0.257. The van der Waals surface area contributed by atoms with Crippen LogP contribution >= 0.6 is 0 Å². The minimum Gasteiger partial charge on any atom is -0.395 e. The van der Waals surface area contributed by atoms with Crippen LogP contribution in [0.4, 0.5) is 0 Å². The van der Waals surface area contributed by atoms with Crippen molar-refractivity contribution in [3.05, 3.63) is 0 Å². The fraction of sp³-hybridized carbons (Fsp3) is 1.00. The standard InChI is InChI=1S/C14H30N2O/c1-4-8-16-9-5-6-13(7-10-16)15-14(11-17)12(2)3/h12-15,17H,4-11H2,1-3H3/t13?,14-/m1/s1. The van der Waals surface area contributed by atoms with Crippen molar-refractivity contribution in [2.75, 3.05) is 26.2 Å². The first kappa shape index (κ1) is 14.9.